The largest absolute Gasteiger partial charge is 0.480 e. The second-order valence-electron chi connectivity index (χ2n) is 2.74. The average Bonchev–Trinajstić information content (AvgIpc) is 1.96. The number of carboxylic acids is 1. The molecule has 0 saturated heterocycles. The molecule has 0 amide bonds. The summed E-state index contributed by atoms with van der Waals surface area (Å²) < 4.78 is 10.7. The fraction of sp³-hybridized carbons (Fsp3) is 0.857. The van der Waals surface area contributed by atoms with Gasteiger partial charge in [0.25, 0.3) is 0 Å². The van der Waals surface area contributed by atoms with Crippen LogP contribution in [-0.2, 0) is 15.6 Å². The third kappa shape index (κ3) is 7.68. The number of aliphatic carboxylic acids is 1. The maximum absolute atomic E-state index is 10.7. The van der Waals surface area contributed by atoms with Crippen LogP contribution < -0.4 is 5.32 Å². The lowest BCUT2D eigenvalue weighted by molar-refractivity contribution is -0.136. The maximum atomic E-state index is 10.7. The van der Waals surface area contributed by atoms with Crippen LogP contribution in [0, 0.1) is 0 Å². The first-order chi connectivity index (χ1) is 5.52. The fourth-order valence-corrected chi connectivity index (χ4v) is 1.39. The molecule has 72 valence electrons. The second kappa shape index (κ2) is 6.14. The molecule has 0 aliphatic carbocycles. The van der Waals surface area contributed by atoms with Gasteiger partial charge in [0.2, 0.25) is 0 Å². The Morgan fingerprint density at radius 3 is 2.67 bits per heavy atom. The highest BCUT2D eigenvalue weighted by molar-refractivity contribution is 7.84. The highest BCUT2D eigenvalue weighted by atomic mass is 32.2. The summed E-state index contributed by atoms with van der Waals surface area (Å²) in [6.07, 6.45) is 2.39. The number of carbonyl (C=O) groups is 1. The minimum Gasteiger partial charge on any atom is -0.480 e. The van der Waals surface area contributed by atoms with E-state index in [1.165, 1.54) is 0 Å². The molecule has 0 bridgehead atoms. The van der Waals surface area contributed by atoms with Crippen LogP contribution in [0.3, 0.4) is 0 Å². The zero-order chi connectivity index (χ0) is 9.56. The van der Waals surface area contributed by atoms with Gasteiger partial charge in [-0.1, -0.05) is 0 Å². The van der Waals surface area contributed by atoms with Crippen LogP contribution in [0.1, 0.15) is 13.3 Å². The molecule has 0 aromatic rings. The summed E-state index contributed by atoms with van der Waals surface area (Å²) in [6, 6.07) is 0.116. The lowest BCUT2D eigenvalue weighted by Gasteiger charge is -2.10. The molecule has 0 saturated carbocycles. The number of carboxylic acid groups (broad SMARTS) is 1. The smallest absolute Gasteiger partial charge is 0.317 e. The van der Waals surface area contributed by atoms with E-state index in [1.54, 1.807) is 6.26 Å². The van der Waals surface area contributed by atoms with Crippen molar-refractivity contribution in [3.05, 3.63) is 0 Å². The molecule has 0 aromatic carbocycles. The van der Waals surface area contributed by atoms with Crippen LogP contribution in [0.2, 0.25) is 0 Å². The van der Waals surface area contributed by atoms with Crippen LogP contribution in [-0.4, -0.2) is 39.9 Å². The predicted molar refractivity (Wildman–Crippen MR) is 48.7 cm³/mol. The van der Waals surface area contributed by atoms with Crippen molar-refractivity contribution < 1.29 is 14.1 Å². The van der Waals surface area contributed by atoms with Crippen molar-refractivity contribution >= 4 is 16.8 Å². The summed E-state index contributed by atoms with van der Waals surface area (Å²) in [5, 5.41) is 11.1. The van der Waals surface area contributed by atoms with Crippen LogP contribution >= 0.6 is 0 Å². The molecule has 12 heavy (non-hydrogen) atoms. The fourth-order valence-electron chi connectivity index (χ4n) is 0.706. The number of rotatable bonds is 6. The van der Waals surface area contributed by atoms with Crippen molar-refractivity contribution in [1.29, 1.82) is 0 Å². The summed E-state index contributed by atoms with van der Waals surface area (Å²) in [6.45, 7) is 1.85. The van der Waals surface area contributed by atoms with Crippen molar-refractivity contribution in [2.75, 3.05) is 18.6 Å². The Balaban J connectivity index is 3.39. The van der Waals surface area contributed by atoms with Gasteiger partial charge < -0.3 is 10.4 Å². The topological polar surface area (TPSA) is 66.4 Å². The summed E-state index contributed by atoms with van der Waals surface area (Å²) in [4.78, 5) is 10.1. The Labute approximate surface area is 74.8 Å². The maximum Gasteiger partial charge on any atom is 0.317 e. The zero-order valence-electron chi connectivity index (χ0n) is 7.37. The lowest BCUT2D eigenvalue weighted by Crippen LogP contribution is -2.32. The van der Waals surface area contributed by atoms with Crippen LogP contribution in [0.4, 0.5) is 0 Å². The first-order valence-corrected chi connectivity index (χ1v) is 5.50. The third-order valence-electron chi connectivity index (χ3n) is 1.44. The first kappa shape index (κ1) is 11.6. The number of nitrogens with one attached hydrogen (secondary N) is 1. The van der Waals surface area contributed by atoms with Gasteiger partial charge in [0, 0.05) is 28.9 Å². The second-order valence-corrected chi connectivity index (χ2v) is 4.30. The standard InChI is InChI=1S/C7H15NO3S/c1-6(3-4-12(2)11)8-5-7(9)10/h6,8H,3-5H2,1-2H3,(H,9,10). The minimum absolute atomic E-state index is 0.0302. The molecule has 0 aromatic heterocycles. The van der Waals surface area contributed by atoms with Crippen molar-refractivity contribution in [3.63, 3.8) is 0 Å². The van der Waals surface area contributed by atoms with Crippen molar-refractivity contribution in [1.82, 2.24) is 5.32 Å². The summed E-state index contributed by atoms with van der Waals surface area (Å²) >= 11 is 0. The van der Waals surface area contributed by atoms with Gasteiger partial charge in [0.15, 0.2) is 0 Å². The Kier molecular flexibility index (Phi) is 5.92. The molecule has 0 rings (SSSR count). The highest BCUT2D eigenvalue weighted by Gasteiger charge is 2.04. The molecular formula is C7H15NO3S. The van der Waals surface area contributed by atoms with Gasteiger partial charge in [-0.25, -0.2) is 0 Å². The molecule has 0 aliphatic rings. The van der Waals surface area contributed by atoms with E-state index in [1.807, 2.05) is 6.92 Å². The quantitative estimate of drug-likeness (QED) is 0.614. The van der Waals surface area contributed by atoms with E-state index >= 15 is 0 Å². The van der Waals surface area contributed by atoms with Gasteiger partial charge in [0.05, 0.1) is 6.54 Å². The van der Waals surface area contributed by atoms with E-state index in [0.29, 0.717) is 5.75 Å². The van der Waals surface area contributed by atoms with E-state index in [4.69, 9.17) is 5.11 Å². The van der Waals surface area contributed by atoms with E-state index in [-0.39, 0.29) is 12.6 Å². The minimum atomic E-state index is -0.862. The normalized spacial score (nSPS) is 15.5. The molecule has 4 nitrogen and oxygen atoms in total. The van der Waals surface area contributed by atoms with Crippen LogP contribution in [0.25, 0.3) is 0 Å². The molecular weight excluding hydrogens is 178 g/mol. The van der Waals surface area contributed by atoms with Gasteiger partial charge in [0.1, 0.15) is 0 Å². The molecule has 2 unspecified atom stereocenters. The van der Waals surface area contributed by atoms with Crippen LogP contribution in [0.15, 0.2) is 0 Å². The first-order valence-electron chi connectivity index (χ1n) is 3.77. The summed E-state index contributed by atoms with van der Waals surface area (Å²) in [7, 11) is -0.788. The average molecular weight is 193 g/mol. The Morgan fingerprint density at radius 1 is 1.67 bits per heavy atom. The van der Waals surface area contributed by atoms with Gasteiger partial charge in [-0.2, -0.15) is 0 Å². The lowest BCUT2D eigenvalue weighted by atomic mass is 10.2. The van der Waals surface area contributed by atoms with Crippen molar-refractivity contribution in [2.24, 2.45) is 0 Å². The van der Waals surface area contributed by atoms with Crippen molar-refractivity contribution in [3.8, 4) is 0 Å². The Hall–Kier alpha value is -0.420. The van der Waals surface area contributed by atoms with Crippen LogP contribution in [0.5, 0.6) is 0 Å². The number of hydrogen-bond acceptors (Lipinski definition) is 3. The summed E-state index contributed by atoms with van der Waals surface area (Å²) in [5.41, 5.74) is 0. The highest BCUT2D eigenvalue weighted by Crippen LogP contribution is 1.91. The van der Waals surface area contributed by atoms with E-state index in [0.717, 1.165) is 6.42 Å². The van der Waals surface area contributed by atoms with Gasteiger partial charge in [-0.15, -0.1) is 0 Å². The SMILES string of the molecule is CC(CCS(C)=O)NCC(=O)O. The molecule has 5 heteroatoms. The predicted octanol–water partition coefficient (Wildman–Crippen LogP) is -0.182. The van der Waals surface area contributed by atoms with E-state index in [9.17, 15) is 9.00 Å². The van der Waals surface area contributed by atoms with Gasteiger partial charge >= 0.3 is 5.97 Å². The molecule has 0 radical (unpaired) electrons. The number of hydrogen-bond donors (Lipinski definition) is 2. The monoisotopic (exact) mass is 193 g/mol. The molecule has 0 aliphatic heterocycles. The third-order valence-corrected chi connectivity index (χ3v) is 2.25. The molecule has 2 N–H and O–H groups in total. The van der Waals surface area contributed by atoms with Crippen molar-refractivity contribution in [2.45, 2.75) is 19.4 Å². The summed E-state index contributed by atoms with van der Waals surface area (Å²) in [5.74, 6) is -0.243. The molecule has 2 atom stereocenters. The van der Waals surface area contributed by atoms with Gasteiger partial charge in [-0.3, -0.25) is 9.00 Å². The van der Waals surface area contributed by atoms with E-state index in [2.05, 4.69) is 5.32 Å². The Morgan fingerprint density at radius 2 is 2.25 bits per heavy atom. The zero-order valence-corrected chi connectivity index (χ0v) is 8.19. The molecule has 0 heterocycles. The van der Waals surface area contributed by atoms with E-state index < -0.39 is 16.8 Å². The molecule has 0 spiro atoms. The Bertz CT molecular complexity index is 154. The molecule has 0 fully saturated rings. The van der Waals surface area contributed by atoms with Gasteiger partial charge in [-0.05, 0) is 13.3 Å².